The summed E-state index contributed by atoms with van der Waals surface area (Å²) in [5.74, 6) is 0.198. The van der Waals surface area contributed by atoms with Crippen molar-refractivity contribution in [2.75, 3.05) is 6.61 Å². The van der Waals surface area contributed by atoms with Crippen molar-refractivity contribution in [3.05, 3.63) is 101 Å². The van der Waals surface area contributed by atoms with Crippen molar-refractivity contribution in [3.63, 3.8) is 0 Å². The minimum atomic E-state index is -4.02. The molecule has 1 aromatic heterocycles. The van der Waals surface area contributed by atoms with E-state index in [0.717, 1.165) is 27.9 Å². The Balaban J connectivity index is 1.59. The van der Waals surface area contributed by atoms with E-state index in [0.29, 0.717) is 22.4 Å². The van der Waals surface area contributed by atoms with E-state index in [1.807, 2.05) is 49.4 Å². The van der Waals surface area contributed by atoms with Crippen molar-refractivity contribution in [3.8, 4) is 28.1 Å². The smallest absolute Gasteiger partial charge is 0.285 e. The zero-order chi connectivity index (χ0) is 26.4. The number of nitrogens with two attached hydrogens (primary N) is 1. The van der Waals surface area contributed by atoms with Crippen molar-refractivity contribution < 1.29 is 13.2 Å². The third-order valence-corrected chi connectivity index (χ3v) is 7.11. The van der Waals surface area contributed by atoms with Gasteiger partial charge in [-0.05, 0) is 60.5 Å². The summed E-state index contributed by atoms with van der Waals surface area (Å²) < 4.78 is 34.5. The SMILES string of the molecule is CCOc1cccc(S(=O)(=O)N=C(N)NCc2cnc(-c3ccc(Cl)cc3)c(-c3ccc(Cl)cc3)c2)c1. The van der Waals surface area contributed by atoms with E-state index in [2.05, 4.69) is 14.7 Å². The van der Waals surface area contributed by atoms with Gasteiger partial charge in [-0.25, -0.2) is 0 Å². The number of hydrogen-bond donors (Lipinski definition) is 2. The molecule has 0 atom stereocenters. The molecule has 0 spiro atoms. The number of hydrogen-bond acceptors (Lipinski definition) is 4. The first-order valence-corrected chi connectivity index (χ1v) is 13.5. The molecular weight excluding hydrogens is 531 g/mol. The van der Waals surface area contributed by atoms with Gasteiger partial charge in [0.05, 0.1) is 17.2 Å². The van der Waals surface area contributed by atoms with Gasteiger partial charge in [-0.1, -0.05) is 53.5 Å². The maximum atomic E-state index is 12.7. The van der Waals surface area contributed by atoms with Crippen molar-refractivity contribution in [2.45, 2.75) is 18.4 Å². The minimum Gasteiger partial charge on any atom is -0.494 e. The van der Waals surface area contributed by atoms with Gasteiger partial charge in [0.2, 0.25) is 5.96 Å². The van der Waals surface area contributed by atoms with E-state index in [1.54, 1.807) is 30.5 Å². The normalized spacial score (nSPS) is 11.8. The zero-order valence-corrected chi connectivity index (χ0v) is 22.2. The number of ether oxygens (including phenoxy) is 1. The predicted molar refractivity (Wildman–Crippen MR) is 148 cm³/mol. The third kappa shape index (κ3) is 6.80. The summed E-state index contributed by atoms with van der Waals surface area (Å²) in [6.45, 7) is 2.44. The molecule has 0 saturated heterocycles. The minimum absolute atomic E-state index is 0.0118. The molecule has 4 aromatic rings. The Hall–Kier alpha value is -3.59. The average Bonchev–Trinajstić information content (AvgIpc) is 2.88. The largest absolute Gasteiger partial charge is 0.494 e. The lowest BCUT2D eigenvalue weighted by Crippen LogP contribution is -2.32. The molecule has 3 N–H and O–H groups in total. The molecule has 0 aliphatic carbocycles. The number of guanidine groups is 1. The quantitative estimate of drug-likeness (QED) is 0.207. The standard InChI is InChI=1S/C27H24Cl2N4O3S/c1-2-36-23-4-3-5-24(15-23)37(34,35)33-27(30)32-17-18-14-25(19-6-10-21(28)11-7-19)26(31-16-18)20-8-12-22(29)13-9-20/h3-16H,2,17H2,1H3,(H3,30,32,33). The number of nitrogens with zero attached hydrogens (tertiary/aromatic N) is 2. The van der Waals surface area contributed by atoms with Crippen LogP contribution in [0.2, 0.25) is 10.0 Å². The van der Waals surface area contributed by atoms with Crippen molar-refractivity contribution in [1.82, 2.24) is 10.3 Å². The Morgan fingerprint density at radius 1 is 0.973 bits per heavy atom. The molecule has 0 saturated carbocycles. The molecule has 0 aliphatic rings. The van der Waals surface area contributed by atoms with Crippen LogP contribution in [-0.4, -0.2) is 26.0 Å². The molecular formula is C27H24Cl2N4O3S. The monoisotopic (exact) mass is 554 g/mol. The van der Waals surface area contributed by atoms with Gasteiger partial charge >= 0.3 is 0 Å². The lowest BCUT2D eigenvalue weighted by atomic mass is 9.98. The molecule has 190 valence electrons. The van der Waals surface area contributed by atoms with Crippen LogP contribution in [0.4, 0.5) is 0 Å². The van der Waals surface area contributed by atoms with E-state index >= 15 is 0 Å². The second-order valence-corrected chi connectivity index (χ2v) is 10.4. The summed E-state index contributed by atoms with van der Waals surface area (Å²) >= 11 is 12.1. The molecule has 4 rings (SSSR count). The Labute approximate surface area is 226 Å². The molecule has 0 amide bonds. The number of aromatic nitrogens is 1. The lowest BCUT2D eigenvalue weighted by Gasteiger charge is -2.13. The van der Waals surface area contributed by atoms with E-state index < -0.39 is 10.0 Å². The highest BCUT2D eigenvalue weighted by Crippen LogP contribution is 2.32. The van der Waals surface area contributed by atoms with Gasteiger partial charge in [0.1, 0.15) is 5.75 Å². The van der Waals surface area contributed by atoms with Gasteiger partial charge in [-0.15, -0.1) is 4.40 Å². The van der Waals surface area contributed by atoms with Gasteiger partial charge < -0.3 is 15.8 Å². The van der Waals surface area contributed by atoms with Gasteiger partial charge in [-0.2, -0.15) is 8.42 Å². The van der Waals surface area contributed by atoms with Gasteiger partial charge in [0, 0.05) is 40.0 Å². The van der Waals surface area contributed by atoms with Gasteiger partial charge in [0.15, 0.2) is 0 Å². The number of rotatable bonds is 8. The molecule has 3 aromatic carbocycles. The zero-order valence-electron chi connectivity index (χ0n) is 19.9. The Morgan fingerprint density at radius 3 is 2.27 bits per heavy atom. The Kier molecular flexibility index (Phi) is 8.33. The summed E-state index contributed by atoms with van der Waals surface area (Å²) in [6, 6.07) is 22.9. The van der Waals surface area contributed by atoms with Crippen LogP contribution in [0.5, 0.6) is 5.75 Å². The highest BCUT2D eigenvalue weighted by molar-refractivity contribution is 7.90. The Morgan fingerprint density at radius 2 is 1.62 bits per heavy atom. The van der Waals surface area contributed by atoms with Crippen LogP contribution in [0.25, 0.3) is 22.4 Å². The predicted octanol–water partition coefficient (Wildman–Crippen LogP) is 5.91. The van der Waals surface area contributed by atoms with E-state index in [-0.39, 0.29) is 17.4 Å². The highest BCUT2D eigenvalue weighted by atomic mass is 35.5. The topological polar surface area (TPSA) is 107 Å². The summed E-state index contributed by atoms with van der Waals surface area (Å²) in [6.07, 6.45) is 1.70. The fourth-order valence-corrected chi connectivity index (χ4v) is 4.79. The van der Waals surface area contributed by atoms with Crippen LogP contribution in [0.1, 0.15) is 12.5 Å². The number of pyridine rings is 1. The van der Waals surface area contributed by atoms with Crippen molar-refractivity contribution >= 4 is 39.2 Å². The van der Waals surface area contributed by atoms with Crippen LogP contribution in [0.3, 0.4) is 0 Å². The first kappa shape index (κ1) is 26.5. The fraction of sp³-hybridized carbons (Fsp3) is 0.111. The van der Waals surface area contributed by atoms with Crippen molar-refractivity contribution in [2.24, 2.45) is 10.1 Å². The number of halogens is 2. The molecule has 0 aliphatic heterocycles. The van der Waals surface area contributed by atoms with E-state index in [9.17, 15) is 8.42 Å². The van der Waals surface area contributed by atoms with Gasteiger partial charge in [0.25, 0.3) is 10.0 Å². The van der Waals surface area contributed by atoms with Gasteiger partial charge in [-0.3, -0.25) is 4.98 Å². The number of sulfonamides is 1. The molecule has 0 radical (unpaired) electrons. The summed E-state index contributed by atoms with van der Waals surface area (Å²) in [4.78, 5) is 4.66. The molecule has 0 fully saturated rings. The van der Waals surface area contributed by atoms with Crippen molar-refractivity contribution in [1.29, 1.82) is 0 Å². The van der Waals surface area contributed by atoms with E-state index in [1.165, 1.54) is 12.1 Å². The lowest BCUT2D eigenvalue weighted by molar-refractivity contribution is 0.339. The fourth-order valence-electron chi connectivity index (χ4n) is 3.59. The van der Waals surface area contributed by atoms with Crippen LogP contribution < -0.4 is 15.8 Å². The van der Waals surface area contributed by atoms with E-state index in [4.69, 9.17) is 33.7 Å². The number of nitrogens with one attached hydrogen (secondary N) is 1. The van der Waals surface area contributed by atoms with Crippen LogP contribution in [0, 0.1) is 0 Å². The second kappa shape index (κ2) is 11.6. The summed E-state index contributed by atoms with van der Waals surface area (Å²) in [5, 5.41) is 4.11. The average molecular weight is 555 g/mol. The highest BCUT2D eigenvalue weighted by Gasteiger charge is 2.15. The molecule has 37 heavy (non-hydrogen) atoms. The summed E-state index contributed by atoms with van der Waals surface area (Å²) in [7, 11) is -4.02. The molecule has 1 heterocycles. The molecule has 0 unspecified atom stereocenters. The maximum absolute atomic E-state index is 12.7. The van der Waals surface area contributed by atoms with Crippen LogP contribution in [-0.2, 0) is 16.6 Å². The maximum Gasteiger partial charge on any atom is 0.285 e. The van der Waals surface area contributed by atoms with Crippen LogP contribution >= 0.6 is 23.2 Å². The molecule has 10 heteroatoms. The third-order valence-electron chi connectivity index (χ3n) is 5.32. The number of benzene rings is 3. The first-order valence-electron chi connectivity index (χ1n) is 11.3. The molecule has 7 nitrogen and oxygen atoms in total. The first-order chi connectivity index (χ1) is 17.7. The summed E-state index contributed by atoms with van der Waals surface area (Å²) in [5.41, 5.74) is 10.1. The van der Waals surface area contributed by atoms with Crippen LogP contribution in [0.15, 0.2) is 94.4 Å². The Bertz CT molecular complexity index is 1520. The second-order valence-electron chi connectivity index (χ2n) is 7.97. The molecule has 0 bridgehead atoms.